The summed E-state index contributed by atoms with van der Waals surface area (Å²) in [6, 6.07) is 0. The fourth-order valence-corrected chi connectivity index (χ4v) is 0.525. The molecule has 0 radical (unpaired) electrons. The molecule has 0 bridgehead atoms. The summed E-state index contributed by atoms with van der Waals surface area (Å²) >= 11 is 0. The van der Waals surface area contributed by atoms with Gasteiger partial charge in [0.25, 0.3) is 0 Å². The van der Waals surface area contributed by atoms with Crippen molar-refractivity contribution in [1.82, 2.24) is 0 Å². The van der Waals surface area contributed by atoms with E-state index in [-0.39, 0.29) is 36.0 Å². The van der Waals surface area contributed by atoms with E-state index in [1.807, 2.05) is 6.92 Å². The minimum absolute atomic E-state index is 0. The summed E-state index contributed by atoms with van der Waals surface area (Å²) in [4.78, 5) is 9.92. The third-order valence-corrected chi connectivity index (χ3v) is 1.21. The zero-order valence-electron chi connectivity index (χ0n) is 6.83. The summed E-state index contributed by atoms with van der Waals surface area (Å²) < 4.78 is 0. The van der Waals surface area contributed by atoms with Gasteiger partial charge in [-0.05, 0) is 6.42 Å². The largest absolute Gasteiger partial charge is 1.00 e. The molecule has 0 aliphatic rings. The van der Waals surface area contributed by atoms with Gasteiger partial charge in [-0.2, -0.15) is 0 Å². The molecule has 0 fully saturated rings. The fraction of sp³-hybridized carbons (Fsp3) is 0.833. The summed E-state index contributed by atoms with van der Waals surface area (Å²) in [6.45, 7) is 1.82. The third-order valence-electron chi connectivity index (χ3n) is 1.21. The summed E-state index contributed by atoms with van der Waals surface area (Å²) in [7, 11) is 0. The van der Waals surface area contributed by atoms with Crippen molar-refractivity contribution in [2.24, 2.45) is 0 Å². The van der Waals surface area contributed by atoms with Crippen molar-refractivity contribution < 1.29 is 49.7 Å². The van der Waals surface area contributed by atoms with Crippen LogP contribution in [0.3, 0.4) is 0 Å². The van der Waals surface area contributed by atoms with Gasteiger partial charge in [0, 0.05) is 6.42 Å². The van der Waals surface area contributed by atoms with E-state index in [2.05, 4.69) is 0 Å². The number of unbranched alkanes of at least 4 members (excludes halogenated alkanes) is 1. The van der Waals surface area contributed by atoms with Gasteiger partial charge in [0.05, 0.1) is 0 Å². The standard InChI is InChI=1S/C6H12O4.Na/c1-2-3-4-6(9,10)5(7)8;/h9-10H,2-4H2,1H3,(H,7,8);/q;+1/p-1. The topological polar surface area (TPSA) is 80.6 Å². The van der Waals surface area contributed by atoms with Crippen molar-refractivity contribution in [3.63, 3.8) is 0 Å². The molecule has 0 unspecified atom stereocenters. The van der Waals surface area contributed by atoms with Crippen LogP contribution in [-0.2, 0) is 4.79 Å². The van der Waals surface area contributed by atoms with E-state index in [9.17, 15) is 9.90 Å². The molecule has 0 aliphatic heterocycles. The number of carbonyl (C=O) groups is 1. The molecule has 0 aliphatic carbocycles. The summed E-state index contributed by atoms with van der Waals surface area (Å²) in [5.74, 6) is -4.48. The summed E-state index contributed by atoms with van der Waals surface area (Å²) in [5, 5.41) is 27.1. The molecule has 0 saturated heterocycles. The maximum atomic E-state index is 9.92. The Balaban J connectivity index is 0. The maximum absolute atomic E-state index is 9.92. The minimum Gasteiger partial charge on any atom is -0.544 e. The number of hydrogen-bond donors (Lipinski definition) is 2. The number of aliphatic carboxylic acids is 1. The molecule has 0 saturated carbocycles. The van der Waals surface area contributed by atoms with Crippen LogP contribution in [0.25, 0.3) is 0 Å². The quantitative estimate of drug-likeness (QED) is 0.330. The molecule has 0 heterocycles. The molecule has 0 rings (SSSR count). The SMILES string of the molecule is CCCCC(O)(O)C(=O)[O-].[Na+]. The van der Waals surface area contributed by atoms with Crippen LogP contribution in [0.1, 0.15) is 26.2 Å². The minimum atomic E-state index is -2.64. The Morgan fingerprint density at radius 1 is 1.55 bits per heavy atom. The Bertz CT molecular complexity index is 124. The van der Waals surface area contributed by atoms with Crippen molar-refractivity contribution in [3.8, 4) is 0 Å². The third kappa shape index (κ3) is 5.64. The Labute approximate surface area is 87.5 Å². The number of rotatable bonds is 4. The second-order valence-electron chi connectivity index (χ2n) is 2.21. The van der Waals surface area contributed by atoms with E-state index in [0.29, 0.717) is 6.42 Å². The molecule has 0 aromatic heterocycles. The second kappa shape index (κ2) is 5.97. The van der Waals surface area contributed by atoms with Crippen molar-refractivity contribution in [1.29, 1.82) is 0 Å². The van der Waals surface area contributed by atoms with Crippen molar-refractivity contribution in [2.75, 3.05) is 0 Å². The molecule has 2 N–H and O–H groups in total. The smallest absolute Gasteiger partial charge is 0.544 e. The fourth-order valence-electron chi connectivity index (χ4n) is 0.525. The first-order chi connectivity index (χ1) is 4.50. The second-order valence-corrected chi connectivity index (χ2v) is 2.21. The van der Waals surface area contributed by atoms with Gasteiger partial charge < -0.3 is 20.1 Å². The van der Waals surface area contributed by atoms with Gasteiger partial charge >= 0.3 is 29.6 Å². The molecule has 0 aromatic rings. The van der Waals surface area contributed by atoms with Gasteiger partial charge in [-0.25, -0.2) is 0 Å². The predicted molar refractivity (Wildman–Crippen MR) is 31.7 cm³/mol. The molecular weight excluding hydrogens is 159 g/mol. The van der Waals surface area contributed by atoms with Crippen LogP contribution in [-0.4, -0.2) is 22.0 Å². The Kier molecular flexibility index (Phi) is 7.57. The van der Waals surface area contributed by atoms with Gasteiger partial charge in [-0.1, -0.05) is 13.3 Å². The number of hydrogen-bond acceptors (Lipinski definition) is 4. The first-order valence-electron chi connectivity index (χ1n) is 3.17. The van der Waals surface area contributed by atoms with Crippen LogP contribution < -0.4 is 34.7 Å². The van der Waals surface area contributed by atoms with E-state index in [1.54, 1.807) is 0 Å². The predicted octanol–water partition coefficient (Wildman–Crippen LogP) is -4.39. The molecular formula is C6H11NaO4. The van der Waals surface area contributed by atoms with Gasteiger partial charge in [-0.3, -0.25) is 0 Å². The van der Waals surface area contributed by atoms with Gasteiger partial charge in [0.2, 0.25) is 5.79 Å². The Morgan fingerprint density at radius 3 is 2.27 bits per heavy atom. The number of aliphatic hydroxyl groups is 2. The molecule has 11 heavy (non-hydrogen) atoms. The maximum Gasteiger partial charge on any atom is 1.00 e. The Hall–Kier alpha value is 0.390. The van der Waals surface area contributed by atoms with Crippen LogP contribution in [0.2, 0.25) is 0 Å². The molecule has 0 atom stereocenters. The normalized spacial score (nSPS) is 10.5. The van der Waals surface area contributed by atoms with Crippen LogP contribution >= 0.6 is 0 Å². The van der Waals surface area contributed by atoms with Gasteiger partial charge in [-0.15, -0.1) is 0 Å². The van der Waals surface area contributed by atoms with E-state index in [4.69, 9.17) is 10.2 Å². The van der Waals surface area contributed by atoms with Crippen molar-refractivity contribution in [3.05, 3.63) is 0 Å². The average Bonchev–Trinajstić information content (AvgIpc) is 1.84. The number of carboxylic acid groups (broad SMARTS) is 1. The van der Waals surface area contributed by atoms with Crippen molar-refractivity contribution in [2.45, 2.75) is 32.0 Å². The van der Waals surface area contributed by atoms with E-state index >= 15 is 0 Å². The molecule has 0 aromatic carbocycles. The van der Waals surface area contributed by atoms with Gasteiger partial charge in [0.1, 0.15) is 5.97 Å². The Morgan fingerprint density at radius 2 is 2.00 bits per heavy atom. The number of carboxylic acids is 1. The van der Waals surface area contributed by atoms with E-state index in [0.717, 1.165) is 6.42 Å². The zero-order valence-corrected chi connectivity index (χ0v) is 8.83. The van der Waals surface area contributed by atoms with Crippen LogP contribution in [0, 0.1) is 0 Å². The molecule has 60 valence electrons. The summed E-state index contributed by atoms with van der Waals surface area (Å²) in [6.07, 6.45) is 1.00. The van der Waals surface area contributed by atoms with Gasteiger partial charge in [0.15, 0.2) is 0 Å². The first-order valence-corrected chi connectivity index (χ1v) is 3.17. The average molecular weight is 170 g/mol. The van der Waals surface area contributed by atoms with Crippen LogP contribution in [0.15, 0.2) is 0 Å². The first kappa shape index (κ1) is 13.9. The molecule has 0 spiro atoms. The van der Waals surface area contributed by atoms with E-state index < -0.39 is 11.8 Å². The monoisotopic (exact) mass is 170 g/mol. The van der Waals surface area contributed by atoms with E-state index in [1.165, 1.54) is 0 Å². The number of carbonyl (C=O) groups excluding carboxylic acids is 1. The molecule has 0 amide bonds. The van der Waals surface area contributed by atoms with Crippen LogP contribution in [0.5, 0.6) is 0 Å². The zero-order chi connectivity index (χ0) is 8.20. The molecule has 4 nitrogen and oxygen atoms in total. The van der Waals surface area contributed by atoms with Crippen molar-refractivity contribution >= 4 is 5.97 Å². The molecule has 5 heteroatoms. The van der Waals surface area contributed by atoms with Crippen LogP contribution in [0.4, 0.5) is 0 Å². The summed E-state index contributed by atoms with van der Waals surface area (Å²) in [5.41, 5.74) is 0.